The van der Waals surface area contributed by atoms with Crippen molar-refractivity contribution in [1.29, 1.82) is 0 Å². The second kappa shape index (κ2) is 5.86. The molecule has 1 aromatic rings. The first-order chi connectivity index (χ1) is 6.91. The molecule has 2 atom stereocenters. The van der Waals surface area contributed by atoms with Gasteiger partial charge in [0, 0.05) is 18.8 Å². The van der Waals surface area contributed by atoms with Gasteiger partial charge in [-0.3, -0.25) is 9.48 Å². The molecular formula is C10H19ClN4O. The molecule has 1 amide bonds. The third-order valence-electron chi connectivity index (χ3n) is 2.29. The van der Waals surface area contributed by atoms with E-state index in [0.29, 0.717) is 0 Å². The van der Waals surface area contributed by atoms with Gasteiger partial charge in [0.05, 0.1) is 17.8 Å². The SMILES string of the molecule is Cc1nn(C)cc1C(C)NC(=O)[C@H](C)N.Cl. The van der Waals surface area contributed by atoms with Gasteiger partial charge in [-0.25, -0.2) is 0 Å². The van der Waals surface area contributed by atoms with Crippen molar-refractivity contribution in [1.82, 2.24) is 15.1 Å². The third kappa shape index (κ3) is 3.50. The number of hydrogen-bond donors (Lipinski definition) is 2. The maximum absolute atomic E-state index is 11.4. The smallest absolute Gasteiger partial charge is 0.237 e. The molecule has 0 spiro atoms. The molecule has 0 aliphatic heterocycles. The number of nitrogens with zero attached hydrogens (tertiary/aromatic N) is 2. The monoisotopic (exact) mass is 246 g/mol. The van der Waals surface area contributed by atoms with E-state index in [2.05, 4.69) is 10.4 Å². The standard InChI is InChI=1S/C10H18N4O.ClH/c1-6(11)10(15)12-7(2)9-5-14(4)13-8(9)3;/h5-7H,11H2,1-4H3,(H,12,15);1H/t6-,7?;/m0./s1. The van der Waals surface area contributed by atoms with Gasteiger partial charge in [0.15, 0.2) is 0 Å². The second-order valence-electron chi connectivity index (χ2n) is 3.86. The zero-order valence-corrected chi connectivity index (χ0v) is 10.8. The fraction of sp³-hybridized carbons (Fsp3) is 0.600. The largest absolute Gasteiger partial charge is 0.348 e. The maximum atomic E-state index is 11.4. The van der Waals surface area contributed by atoms with Gasteiger partial charge in [-0.15, -0.1) is 12.4 Å². The maximum Gasteiger partial charge on any atom is 0.237 e. The average molecular weight is 247 g/mol. The van der Waals surface area contributed by atoms with Crippen molar-refractivity contribution in [3.8, 4) is 0 Å². The van der Waals surface area contributed by atoms with E-state index in [1.165, 1.54) is 0 Å². The van der Waals surface area contributed by atoms with Gasteiger partial charge in [-0.05, 0) is 20.8 Å². The number of carbonyl (C=O) groups excluding carboxylic acids is 1. The number of nitrogens with two attached hydrogens (primary N) is 1. The fourth-order valence-corrected chi connectivity index (χ4v) is 1.47. The van der Waals surface area contributed by atoms with Gasteiger partial charge in [0.25, 0.3) is 0 Å². The molecule has 0 aliphatic rings. The molecule has 1 unspecified atom stereocenters. The van der Waals surface area contributed by atoms with E-state index in [9.17, 15) is 4.79 Å². The van der Waals surface area contributed by atoms with Gasteiger partial charge in [-0.1, -0.05) is 0 Å². The number of halogens is 1. The molecule has 0 aliphatic carbocycles. The predicted molar refractivity (Wildman–Crippen MR) is 65.4 cm³/mol. The number of aryl methyl sites for hydroxylation is 2. The van der Waals surface area contributed by atoms with Crippen LogP contribution < -0.4 is 11.1 Å². The van der Waals surface area contributed by atoms with Crippen LogP contribution in [-0.4, -0.2) is 21.7 Å². The highest BCUT2D eigenvalue weighted by Crippen LogP contribution is 2.15. The van der Waals surface area contributed by atoms with Crippen molar-refractivity contribution < 1.29 is 4.79 Å². The van der Waals surface area contributed by atoms with Crippen molar-refractivity contribution >= 4 is 18.3 Å². The summed E-state index contributed by atoms with van der Waals surface area (Å²) >= 11 is 0. The number of hydrogen-bond acceptors (Lipinski definition) is 3. The van der Waals surface area contributed by atoms with Crippen LogP contribution in [0.4, 0.5) is 0 Å². The molecule has 0 saturated carbocycles. The molecule has 5 nitrogen and oxygen atoms in total. The number of carbonyl (C=O) groups is 1. The first kappa shape index (κ1) is 14.9. The molecule has 1 rings (SSSR count). The first-order valence-electron chi connectivity index (χ1n) is 4.98. The Labute approximate surface area is 102 Å². The second-order valence-corrected chi connectivity index (χ2v) is 3.86. The Morgan fingerprint density at radius 1 is 1.56 bits per heavy atom. The summed E-state index contributed by atoms with van der Waals surface area (Å²) in [4.78, 5) is 11.4. The van der Waals surface area contributed by atoms with Crippen molar-refractivity contribution in [3.63, 3.8) is 0 Å². The number of rotatable bonds is 3. The molecule has 0 radical (unpaired) electrons. The van der Waals surface area contributed by atoms with E-state index in [4.69, 9.17) is 5.73 Å². The van der Waals surface area contributed by atoms with Gasteiger partial charge >= 0.3 is 0 Å². The summed E-state index contributed by atoms with van der Waals surface area (Å²) in [5.41, 5.74) is 7.42. The lowest BCUT2D eigenvalue weighted by atomic mass is 10.1. The molecule has 6 heteroatoms. The van der Waals surface area contributed by atoms with Crippen LogP contribution >= 0.6 is 12.4 Å². The van der Waals surface area contributed by atoms with E-state index in [1.54, 1.807) is 11.6 Å². The molecule has 1 aromatic heterocycles. The summed E-state index contributed by atoms with van der Waals surface area (Å²) in [6, 6.07) is -0.540. The minimum absolute atomic E-state index is 0. The Bertz CT molecular complexity index is 362. The van der Waals surface area contributed by atoms with Gasteiger partial charge in [0.2, 0.25) is 5.91 Å². The number of nitrogens with one attached hydrogen (secondary N) is 1. The van der Waals surface area contributed by atoms with Gasteiger partial charge in [0.1, 0.15) is 0 Å². The predicted octanol–water partition coefficient (Wildman–Crippen LogP) is 0.675. The highest BCUT2D eigenvalue weighted by molar-refractivity contribution is 5.85. The Hall–Kier alpha value is -1.07. The average Bonchev–Trinajstić information content (AvgIpc) is 2.44. The van der Waals surface area contributed by atoms with Crippen molar-refractivity contribution in [2.45, 2.75) is 32.9 Å². The quantitative estimate of drug-likeness (QED) is 0.824. The number of amides is 1. The minimum atomic E-state index is -0.482. The van der Waals surface area contributed by atoms with Crippen molar-refractivity contribution in [3.05, 3.63) is 17.5 Å². The van der Waals surface area contributed by atoms with E-state index < -0.39 is 6.04 Å². The first-order valence-corrected chi connectivity index (χ1v) is 4.98. The molecule has 0 aromatic carbocycles. The topological polar surface area (TPSA) is 72.9 Å². The summed E-state index contributed by atoms with van der Waals surface area (Å²) in [6.45, 7) is 5.51. The summed E-state index contributed by atoms with van der Waals surface area (Å²) in [6.07, 6.45) is 1.90. The Balaban J connectivity index is 0.00000225. The van der Waals surface area contributed by atoms with Crippen LogP contribution in [-0.2, 0) is 11.8 Å². The summed E-state index contributed by atoms with van der Waals surface area (Å²) in [5, 5.41) is 7.05. The van der Waals surface area contributed by atoms with Crippen LogP contribution in [0.1, 0.15) is 31.1 Å². The summed E-state index contributed by atoms with van der Waals surface area (Å²) in [7, 11) is 1.86. The molecule has 0 bridgehead atoms. The van der Waals surface area contributed by atoms with Crippen LogP contribution in [0.15, 0.2) is 6.20 Å². The summed E-state index contributed by atoms with van der Waals surface area (Å²) in [5.74, 6) is -0.147. The van der Waals surface area contributed by atoms with Gasteiger partial charge in [-0.2, -0.15) is 5.10 Å². The third-order valence-corrected chi connectivity index (χ3v) is 2.29. The van der Waals surface area contributed by atoms with Crippen LogP contribution in [0.5, 0.6) is 0 Å². The lowest BCUT2D eigenvalue weighted by Crippen LogP contribution is -2.39. The van der Waals surface area contributed by atoms with E-state index in [1.807, 2.05) is 27.1 Å². The number of aromatic nitrogens is 2. The zero-order valence-electron chi connectivity index (χ0n) is 10.0. The molecule has 92 valence electrons. The Morgan fingerprint density at radius 3 is 2.50 bits per heavy atom. The summed E-state index contributed by atoms with van der Waals surface area (Å²) < 4.78 is 1.74. The Kier molecular flexibility index (Phi) is 5.47. The van der Waals surface area contributed by atoms with Crippen LogP contribution in [0.3, 0.4) is 0 Å². The highest BCUT2D eigenvalue weighted by Gasteiger charge is 2.15. The van der Waals surface area contributed by atoms with E-state index >= 15 is 0 Å². The molecule has 0 fully saturated rings. The normalized spacial score (nSPS) is 13.8. The van der Waals surface area contributed by atoms with Gasteiger partial charge < -0.3 is 11.1 Å². The van der Waals surface area contributed by atoms with Crippen molar-refractivity contribution in [2.75, 3.05) is 0 Å². The lowest BCUT2D eigenvalue weighted by molar-refractivity contribution is -0.122. The molecule has 0 saturated heterocycles. The van der Waals surface area contributed by atoms with Crippen molar-refractivity contribution in [2.24, 2.45) is 12.8 Å². The minimum Gasteiger partial charge on any atom is -0.348 e. The van der Waals surface area contributed by atoms with E-state index in [0.717, 1.165) is 11.3 Å². The van der Waals surface area contributed by atoms with E-state index in [-0.39, 0.29) is 24.4 Å². The zero-order chi connectivity index (χ0) is 11.6. The Morgan fingerprint density at radius 2 is 2.12 bits per heavy atom. The highest BCUT2D eigenvalue weighted by atomic mass is 35.5. The van der Waals surface area contributed by atoms with Crippen LogP contribution in [0.2, 0.25) is 0 Å². The fourth-order valence-electron chi connectivity index (χ4n) is 1.47. The van der Waals surface area contributed by atoms with Crippen LogP contribution in [0.25, 0.3) is 0 Å². The molecule has 1 heterocycles. The molecule has 16 heavy (non-hydrogen) atoms. The van der Waals surface area contributed by atoms with Crippen LogP contribution in [0, 0.1) is 6.92 Å². The molecular weight excluding hydrogens is 228 g/mol. The lowest BCUT2D eigenvalue weighted by Gasteiger charge is -2.14. The molecule has 3 N–H and O–H groups in total.